The van der Waals surface area contributed by atoms with Gasteiger partial charge in [0.1, 0.15) is 6.54 Å². The SMILES string of the molecule is Cc1nn(CC(=O)N(CCCO)C2CCC2)c(C)c1N. The van der Waals surface area contributed by atoms with E-state index in [0.29, 0.717) is 24.7 Å². The van der Waals surface area contributed by atoms with Crippen LogP contribution in [0.4, 0.5) is 5.69 Å². The van der Waals surface area contributed by atoms with Crippen LogP contribution in [0.3, 0.4) is 0 Å². The molecular weight excluding hydrogens is 256 g/mol. The van der Waals surface area contributed by atoms with Crippen molar-refractivity contribution < 1.29 is 9.90 Å². The Morgan fingerprint density at radius 1 is 1.50 bits per heavy atom. The summed E-state index contributed by atoms with van der Waals surface area (Å²) in [6, 6.07) is 0.336. The minimum atomic E-state index is 0.0637. The monoisotopic (exact) mass is 280 g/mol. The van der Waals surface area contributed by atoms with Crippen LogP contribution in [0.1, 0.15) is 37.1 Å². The van der Waals surface area contributed by atoms with Gasteiger partial charge in [-0.1, -0.05) is 0 Å². The Bertz CT molecular complexity index is 480. The minimum Gasteiger partial charge on any atom is -0.396 e. The molecule has 0 bridgehead atoms. The number of hydrogen-bond acceptors (Lipinski definition) is 4. The fourth-order valence-corrected chi connectivity index (χ4v) is 2.53. The van der Waals surface area contributed by atoms with Crippen LogP contribution in [-0.4, -0.2) is 44.9 Å². The lowest BCUT2D eigenvalue weighted by atomic mass is 9.91. The zero-order valence-electron chi connectivity index (χ0n) is 12.3. The Morgan fingerprint density at radius 3 is 2.65 bits per heavy atom. The van der Waals surface area contributed by atoms with E-state index in [1.54, 1.807) is 4.68 Å². The van der Waals surface area contributed by atoms with E-state index in [1.165, 1.54) is 6.42 Å². The second-order valence-electron chi connectivity index (χ2n) is 5.49. The number of amides is 1. The average Bonchev–Trinajstić information content (AvgIpc) is 2.59. The van der Waals surface area contributed by atoms with Gasteiger partial charge in [0.15, 0.2) is 0 Å². The molecule has 112 valence electrons. The lowest BCUT2D eigenvalue weighted by Crippen LogP contribution is -2.46. The van der Waals surface area contributed by atoms with Crippen molar-refractivity contribution in [1.29, 1.82) is 0 Å². The molecule has 0 unspecified atom stereocenters. The van der Waals surface area contributed by atoms with E-state index in [-0.39, 0.29) is 19.1 Å². The molecule has 1 aliphatic rings. The summed E-state index contributed by atoms with van der Waals surface area (Å²) in [5.74, 6) is 0.0637. The predicted octanol–water partition coefficient (Wildman–Crippen LogP) is 0.846. The summed E-state index contributed by atoms with van der Waals surface area (Å²) < 4.78 is 1.68. The van der Waals surface area contributed by atoms with Gasteiger partial charge in [-0.05, 0) is 39.5 Å². The van der Waals surface area contributed by atoms with E-state index in [1.807, 2.05) is 18.7 Å². The van der Waals surface area contributed by atoms with Crippen LogP contribution >= 0.6 is 0 Å². The van der Waals surface area contributed by atoms with Gasteiger partial charge in [0.2, 0.25) is 5.91 Å². The van der Waals surface area contributed by atoms with Crippen LogP contribution in [-0.2, 0) is 11.3 Å². The highest BCUT2D eigenvalue weighted by atomic mass is 16.3. The topological polar surface area (TPSA) is 84.4 Å². The average molecular weight is 280 g/mol. The van der Waals surface area contributed by atoms with E-state index in [2.05, 4.69) is 5.10 Å². The Hall–Kier alpha value is -1.56. The third-order valence-electron chi connectivity index (χ3n) is 4.12. The maximum absolute atomic E-state index is 12.5. The maximum atomic E-state index is 12.5. The zero-order valence-corrected chi connectivity index (χ0v) is 12.3. The number of aromatic nitrogens is 2. The highest BCUT2D eigenvalue weighted by Gasteiger charge is 2.28. The van der Waals surface area contributed by atoms with Gasteiger partial charge in [0.05, 0.1) is 17.1 Å². The first-order valence-corrected chi connectivity index (χ1v) is 7.24. The normalized spacial score (nSPS) is 15.2. The number of nitrogens with two attached hydrogens (primary N) is 1. The van der Waals surface area contributed by atoms with Crippen LogP contribution < -0.4 is 5.73 Å². The van der Waals surface area contributed by atoms with E-state index in [0.717, 1.165) is 24.2 Å². The Labute approximate surface area is 119 Å². The van der Waals surface area contributed by atoms with E-state index in [4.69, 9.17) is 10.8 Å². The highest BCUT2D eigenvalue weighted by molar-refractivity contribution is 5.76. The number of carbonyl (C=O) groups excluding carboxylic acids is 1. The summed E-state index contributed by atoms with van der Waals surface area (Å²) in [5, 5.41) is 13.3. The molecule has 20 heavy (non-hydrogen) atoms. The number of hydrogen-bond donors (Lipinski definition) is 2. The second kappa shape index (κ2) is 6.26. The molecule has 3 N–H and O–H groups in total. The van der Waals surface area contributed by atoms with Crippen molar-refractivity contribution in [1.82, 2.24) is 14.7 Å². The fourth-order valence-electron chi connectivity index (χ4n) is 2.53. The number of anilines is 1. The third-order valence-corrected chi connectivity index (χ3v) is 4.12. The molecule has 0 radical (unpaired) electrons. The summed E-state index contributed by atoms with van der Waals surface area (Å²) in [7, 11) is 0. The summed E-state index contributed by atoms with van der Waals surface area (Å²) >= 11 is 0. The van der Waals surface area contributed by atoms with Gasteiger partial charge in [0, 0.05) is 19.2 Å². The van der Waals surface area contributed by atoms with Crippen molar-refractivity contribution in [3.8, 4) is 0 Å². The van der Waals surface area contributed by atoms with E-state index < -0.39 is 0 Å². The van der Waals surface area contributed by atoms with Crippen LogP contribution in [0.25, 0.3) is 0 Å². The molecule has 0 spiro atoms. The molecule has 0 aromatic carbocycles. The lowest BCUT2D eigenvalue weighted by Gasteiger charge is -2.37. The highest BCUT2D eigenvalue weighted by Crippen LogP contribution is 2.25. The fraction of sp³-hybridized carbons (Fsp3) is 0.714. The number of aliphatic hydroxyl groups is 1. The van der Waals surface area contributed by atoms with Gasteiger partial charge < -0.3 is 15.7 Å². The second-order valence-corrected chi connectivity index (χ2v) is 5.49. The molecule has 1 heterocycles. The van der Waals surface area contributed by atoms with Crippen LogP contribution in [0.15, 0.2) is 0 Å². The van der Waals surface area contributed by atoms with Crippen molar-refractivity contribution in [2.24, 2.45) is 0 Å². The molecule has 1 aliphatic carbocycles. The number of rotatable bonds is 6. The van der Waals surface area contributed by atoms with Gasteiger partial charge in [-0.2, -0.15) is 5.10 Å². The number of aryl methyl sites for hydroxylation is 1. The van der Waals surface area contributed by atoms with Gasteiger partial charge in [0.25, 0.3) is 0 Å². The molecule has 1 saturated carbocycles. The van der Waals surface area contributed by atoms with Crippen molar-refractivity contribution in [3.05, 3.63) is 11.4 Å². The molecule has 1 aromatic heterocycles. The van der Waals surface area contributed by atoms with Gasteiger partial charge >= 0.3 is 0 Å². The van der Waals surface area contributed by atoms with E-state index >= 15 is 0 Å². The third kappa shape index (κ3) is 2.95. The Kier molecular flexibility index (Phi) is 4.65. The van der Waals surface area contributed by atoms with Gasteiger partial charge in [-0.25, -0.2) is 0 Å². The van der Waals surface area contributed by atoms with Crippen molar-refractivity contribution >= 4 is 11.6 Å². The molecule has 1 amide bonds. The lowest BCUT2D eigenvalue weighted by molar-refractivity contribution is -0.136. The molecule has 6 nitrogen and oxygen atoms in total. The number of nitrogens with zero attached hydrogens (tertiary/aromatic N) is 3. The van der Waals surface area contributed by atoms with Crippen LogP contribution in [0.2, 0.25) is 0 Å². The summed E-state index contributed by atoms with van der Waals surface area (Å²) in [4.78, 5) is 14.4. The molecule has 6 heteroatoms. The summed E-state index contributed by atoms with van der Waals surface area (Å²) in [5.41, 5.74) is 8.15. The summed E-state index contributed by atoms with van der Waals surface area (Å²) in [6.45, 7) is 4.69. The molecule has 1 aromatic rings. The summed E-state index contributed by atoms with van der Waals surface area (Å²) in [6.07, 6.45) is 3.94. The number of nitrogen functional groups attached to an aromatic ring is 1. The molecular formula is C14H24N4O2. The minimum absolute atomic E-state index is 0.0637. The molecule has 0 saturated heterocycles. The van der Waals surface area contributed by atoms with E-state index in [9.17, 15) is 4.79 Å². The zero-order chi connectivity index (χ0) is 14.7. The molecule has 0 aliphatic heterocycles. The molecule has 1 fully saturated rings. The van der Waals surface area contributed by atoms with Crippen molar-refractivity contribution in [2.45, 2.75) is 52.1 Å². The first-order valence-electron chi connectivity index (χ1n) is 7.24. The predicted molar refractivity (Wildman–Crippen MR) is 77.2 cm³/mol. The first-order chi connectivity index (χ1) is 9.54. The van der Waals surface area contributed by atoms with Gasteiger partial charge in [-0.3, -0.25) is 9.48 Å². The maximum Gasteiger partial charge on any atom is 0.244 e. The number of carbonyl (C=O) groups is 1. The smallest absolute Gasteiger partial charge is 0.244 e. The van der Waals surface area contributed by atoms with Crippen molar-refractivity contribution in [2.75, 3.05) is 18.9 Å². The Morgan fingerprint density at radius 2 is 2.20 bits per heavy atom. The quantitative estimate of drug-likeness (QED) is 0.809. The molecule has 0 atom stereocenters. The number of aliphatic hydroxyl groups excluding tert-OH is 1. The van der Waals surface area contributed by atoms with Crippen LogP contribution in [0.5, 0.6) is 0 Å². The molecule has 2 rings (SSSR count). The largest absolute Gasteiger partial charge is 0.396 e. The standard InChI is InChI=1S/C14H24N4O2/c1-10-14(15)11(2)18(16-10)9-13(20)17(7-4-8-19)12-5-3-6-12/h12,19H,3-9,15H2,1-2H3. The van der Waals surface area contributed by atoms with Gasteiger partial charge in [-0.15, -0.1) is 0 Å². The van der Waals surface area contributed by atoms with Crippen molar-refractivity contribution in [3.63, 3.8) is 0 Å². The first kappa shape index (κ1) is 14.8. The van der Waals surface area contributed by atoms with Crippen LogP contribution in [0, 0.1) is 13.8 Å². The Balaban J connectivity index is 2.05.